The van der Waals surface area contributed by atoms with Crippen molar-refractivity contribution in [2.75, 3.05) is 19.8 Å². The standard InChI is InChI=1S/C29H32BrO5S/c1-21(30)28(32)34-19-18-33-27(31)20-35-23-12-16-26(17-13-23)36(24-8-6-5-7-9-24)25-14-10-22(11-15-25)29(2,3)4/h5-17,21H,18-20H2,1-4H3/q+1. The van der Waals surface area contributed by atoms with Gasteiger partial charge in [0, 0.05) is 0 Å². The molecule has 0 saturated carbocycles. The van der Waals surface area contributed by atoms with Gasteiger partial charge in [0.15, 0.2) is 21.3 Å². The summed E-state index contributed by atoms with van der Waals surface area (Å²) >= 11 is 3.12. The lowest BCUT2D eigenvalue weighted by molar-refractivity contribution is -0.153. The minimum atomic E-state index is -0.523. The number of hydrogen-bond acceptors (Lipinski definition) is 5. The van der Waals surface area contributed by atoms with Gasteiger partial charge in [0.2, 0.25) is 0 Å². The molecule has 190 valence electrons. The van der Waals surface area contributed by atoms with Crippen molar-refractivity contribution in [3.8, 4) is 5.75 Å². The Morgan fingerprint density at radius 3 is 1.89 bits per heavy atom. The third-order valence-electron chi connectivity index (χ3n) is 5.27. The zero-order chi connectivity index (χ0) is 26.1. The highest BCUT2D eigenvalue weighted by atomic mass is 79.9. The summed E-state index contributed by atoms with van der Waals surface area (Å²) in [5.41, 5.74) is 1.40. The van der Waals surface area contributed by atoms with Crippen LogP contribution in [-0.2, 0) is 35.4 Å². The van der Waals surface area contributed by atoms with Crippen LogP contribution >= 0.6 is 15.9 Å². The Bertz CT molecular complexity index is 1120. The number of benzene rings is 3. The molecule has 0 aromatic heterocycles. The average molecular weight is 573 g/mol. The summed E-state index contributed by atoms with van der Waals surface area (Å²) in [5.74, 6) is -0.345. The maximum absolute atomic E-state index is 11.9. The van der Waals surface area contributed by atoms with Crippen LogP contribution in [0.5, 0.6) is 5.75 Å². The summed E-state index contributed by atoms with van der Waals surface area (Å²) in [5, 5.41) is 0. The van der Waals surface area contributed by atoms with Crippen LogP contribution in [0.1, 0.15) is 33.3 Å². The zero-order valence-corrected chi connectivity index (χ0v) is 23.4. The van der Waals surface area contributed by atoms with Crippen LogP contribution < -0.4 is 4.74 Å². The Kier molecular flexibility index (Phi) is 10.0. The maximum Gasteiger partial charge on any atom is 0.344 e. The Labute approximate surface area is 224 Å². The smallest absolute Gasteiger partial charge is 0.344 e. The summed E-state index contributed by atoms with van der Waals surface area (Å²) < 4.78 is 15.6. The molecule has 3 aromatic rings. The van der Waals surface area contributed by atoms with Crippen molar-refractivity contribution < 1.29 is 23.8 Å². The van der Waals surface area contributed by atoms with Gasteiger partial charge in [0.1, 0.15) is 23.8 Å². The fourth-order valence-corrected chi connectivity index (χ4v) is 5.52. The summed E-state index contributed by atoms with van der Waals surface area (Å²) in [6.45, 7) is 8.09. The topological polar surface area (TPSA) is 61.8 Å². The third kappa shape index (κ3) is 8.14. The number of carbonyl (C=O) groups is 2. The molecule has 0 aliphatic carbocycles. The molecule has 2 unspecified atom stereocenters. The lowest BCUT2D eigenvalue weighted by atomic mass is 9.87. The largest absolute Gasteiger partial charge is 0.482 e. The van der Waals surface area contributed by atoms with Crippen LogP contribution in [0.2, 0.25) is 0 Å². The van der Waals surface area contributed by atoms with Crippen LogP contribution in [0.4, 0.5) is 0 Å². The van der Waals surface area contributed by atoms with Gasteiger partial charge in [0.25, 0.3) is 0 Å². The van der Waals surface area contributed by atoms with Crippen molar-refractivity contribution in [2.24, 2.45) is 0 Å². The predicted octanol–water partition coefficient (Wildman–Crippen LogP) is 6.33. The van der Waals surface area contributed by atoms with E-state index in [0.717, 1.165) is 4.90 Å². The van der Waals surface area contributed by atoms with E-state index in [0.29, 0.717) is 5.75 Å². The molecule has 3 aromatic carbocycles. The summed E-state index contributed by atoms with van der Waals surface area (Å²) in [7, 11) is -0.276. The minimum Gasteiger partial charge on any atom is -0.482 e. The number of hydrogen-bond donors (Lipinski definition) is 0. The van der Waals surface area contributed by atoms with E-state index in [2.05, 4.69) is 85.2 Å². The number of esters is 2. The molecule has 0 spiro atoms. The first-order valence-corrected chi connectivity index (χ1v) is 13.9. The van der Waals surface area contributed by atoms with E-state index in [9.17, 15) is 9.59 Å². The first-order valence-electron chi connectivity index (χ1n) is 11.7. The lowest BCUT2D eigenvalue weighted by Gasteiger charge is -2.19. The summed E-state index contributed by atoms with van der Waals surface area (Å²) in [4.78, 5) is 26.5. The van der Waals surface area contributed by atoms with E-state index in [1.807, 2.05) is 30.3 Å². The SMILES string of the molecule is CC(Br)C(=O)OCCOC(=O)COc1ccc([S+](c2ccccc2)c2ccc(C(C)(C)C)cc2)cc1. The highest BCUT2D eigenvalue weighted by molar-refractivity contribution is 9.10. The molecular weight excluding hydrogens is 540 g/mol. The third-order valence-corrected chi connectivity index (χ3v) is 7.87. The molecule has 3 rings (SSSR count). The van der Waals surface area contributed by atoms with Gasteiger partial charge in [0.05, 0.1) is 10.9 Å². The quantitative estimate of drug-likeness (QED) is 0.123. The number of carbonyl (C=O) groups excluding carboxylic acids is 2. The van der Waals surface area contributed by atoms with Gasteiger partial charge in [-0.15, -0.1) is 0 Å². The molecule has 0 aliphatic heterocycles. The Hall–Kier alpha value is -2.77. The second-order valence-electron chi connectivity index (χ2n) is 9.16. The Morgan fingerprint density at radius 1 is 0.806 bits per heavy atom. The molecule has 5 nitrogen and oxygen atoms in total. The molecule has 7 heteroatoms. The second-order valence-corrected chi connectivity index (χ2v) is 12.6. The molecule has 0 fully saturated rings. The molecule has 0 aliphatic rings. The van der Waals surface area contributed by atoms with Gasteiger partial charge < -0.3 is 14.2 Å². The van der Waals surface area contributed by atoms with Gasteiger partial charge in [-0.3, -0.25) is 4.79 Å². The van der Waals surface area contributed by atoms with Crippen molar-refractivity contribution in [2.45, 2.75) is 52.6 Å². The molecular formula is C29H32BrO5S+. The minimum absolute atomic E-state index is 0.00768. The zero-order valence-electron chi connectivity index (χ0n) is 21.0. The highest BCUT2D eigenvalue weighted by Gasteiger charge is 2.29. The van der Waals surface area contributed by atoms with Gasteiger partial charge in [-0.1, -0.05) is 67.0 Å². The van der Waals surface area contributed by atoms with E-state index in [4.69, 9.17) is 14.2 Å². The van der Waals surface area contributed by atoms with Crippen LogP contribution in [0.25, 0.3) is 0 Å². The van der Waals surface area contributed by atoms with Crippen molar-refractivity contribution in [1.82, 2.24) is 0 Å². The molecule has 0 N–H and O–H groups in total. The van der Waals surface area contributed by atoms with Crippen LogP contribution in [0, 0.1) is 0 Å². The first kappa shape index (κ1) is 27.8. The van der Waals surface area contributed by atoms with E-state index in [-0.39, 0.29) is 36.1 Å². The Morgan fingerprint density at radius 2 is 1.33 bits per heavy atom. The number of alkyl halides is 1. The predicted molar refractivity (Wildman–Crippen MR) is 146 cm³/mol. The fraction of sp³-hybridized carbons (Fsp3) is 0.310. The van der Waals surface area contributed by atoms with Crippen molar-refractivity contribution in [3.63, 3.8) is 0 Å². The monoisotopic (exact) mass is 571 g/mol. The normalized spacial score (nSPS) is 12.9. The van der Waals surface area contributed by atoms with Crippen LogP contribution in [0.3, 0.4) is 0 Å². The molecule has 0 amide bonds. The maximum atomic E-state index is 11.9. The van der Waals surface area contributed by atoms with E-state index >= 15 is 0 Å². The summed E-state index contributed by atoms with van der Waals surface area (Å²) in [6.07, 6.45) is 0. The Balaban J connectivity index is 1.64. The average Bonchev–Trinajstić information content (AvgIpc) is 2.86. The van der Waals surface area contributed by atoms with Gasteiger partial charge in [-0.05, 0) is 66.4 Å². The highest BCUT2D eigenvalue weighted by Crippen LogP contribution is 2.33. The lowest BCUT2D eigenvalue weighted by Crippen LogP contribution is -2.20. The number of ether oxygens (including phenoxy) is 3. The van der Waals surface area contributed by atoms with E-state index in [1.54, 1.807) is 6.92 Å². The van der Waals surface area contributed by atoms with Gasteiger partial charge in [-0.2, -0.15) is 0 Å². The molecule has 36 heavy (non-hydrogen) atoms. The molecule has 0 radical (unpaired) electrons. The summed E-state index contributed by atoms with van der Waals surface area (Å²) in [6, 6.07) is 27.1. The molecule has 2 atom stereocenters. The number of rotatable bonds is 10. The van der Waals surface area contributed by atoms with Crippen LogP contribution in [-0.4, -0.2) is 36.6 Å². The van der Waals surface area contributed by atoms with Crippen molar-refractivity contribution >= 4 is 38.8 Å². The fourth-order valence-electron chi connectivity index (χ4n) is 3.32. The first-order chi connectivity index (χ1) is 17.1. The van der Waals surface area contributed by atoms with Crippen molar-refractivity contribution in [3.05, 3.63) is 84.4 Å². The van der Waals surface area contributed by atoms with E-state index in [1.165, 1.54) is 15.4 Å². The molecule has 0 heterocycles. The van der Waals surface area contributed by atoms with Gasteiger partial charge >= 0.3 is 11.9 Å². The molecule has 0 saturated heterocycles. The molecule has 0 bridgehead atoms. The van der Waals surface area contributed by atoms with Crippen molar-refractivity contribution in [1.29, 1.82) is 0 Å². The number of halogens is 1. The second kappa shape index (κ2) is 13.0. The van der Waals surface area contributed by atoms with Gasteiger partial charge in [-0.25, -0.2) is 4.79 Å². The van der Waals surface area contributed by atoms with Crippen LogP contribution in [0.15, 0.2) is 93.5 Å². The van der Waals surface area contributed by atoms with E-state index < -0.39 is 16.8 Å².